The average Bonchev–Trinajstić information content (AvgIpc) is 2.28. The third-order valence-electron chi connectivity index (χ3n) is 2.04. The Morgan fingerprint density at radius 3 is 2.69 bits per heavy atom. The molecule has 0 aliphatic carbocycles. The molecule has 0 bridgehead atoms. The van der Waals surface area contributed by atoms with Crippen molar-refractivity contribution in [2.24, 2.45) is 0 Å². The van der Waals surface area contributed by atoms with Crippen molar-refractivity contribution in [3.63, 3.8) is 0 Å². The maximum Gasteiger partial charge on any atom is 0.337 e. The van der Waals surface area contributed by atoms with Gasteiger partial charge in [-0.15, -0.1) is 0 Å². The lowest BCUT2D eigenvalue weighted by molar-refractivity contribution is 0.0697. The molecule has 0 radical (unpaired) electrons. The van der Waals surface area contributed by atoms with Crippen LogP contribution in [0.2, 0.25) is 0 Å². The van der Waals surface area contributed by atoms with Gasteiger partial charge in [0.15, 0.2) is 0 Å². The molecule has 0 fully saturated rings. The van der Waals surface area contributed by atoms with Crippen LogP contribution in [0.15, 0.2) is 24.3 Å². The van der Waals surface area contributed by atoms with E-state index in [2.05, 4.69) is 0 Å². The number of benzene rings is 1. The molecule has 1 N–H and O–H groups in total. The summed E-state index contributed by atoms with van der Waals surface area (Å²) in [6.07, 6.45) is 0. The number of rotatable bonds is 3. The summed E-state index contributed by atoms with van der Waals surface area (Å²) in [5, 5.41) is 9.28. The topological polar surface area (TPSA) is 49.8 Å². The van der Waals surface area contributed by atoms with Gasteiger partial charge in [0.2, 0.25) is 0 Å². The van der Waals surface area contributed by atoms with E-state index in [1.54, 1.807) is 30.1 Å². The first kappa shape index (κ1) is 12.4. The van der Waals surface area contributed by atoms with Gasteiger partial charge in [-0.1, -0.05) is 12.1 Å². The van der Waals surface area contributed by atoms with Crippen molar-refractivity contribution in [2.45, 2.75) is 6.92 Å². The number of ether oxygens (including phenoxy) is 1. The largest absolute Gasteiger partial charge is 0.478 e. The highest BCUT2D eigenvalue weighted by molar-refractivity contribution is 7.80. The first-order valence-electron chi connectivity index (χ1n) is 4.80. The van der Waals surface area contributed by atoms with Gasteiger partial charge in [0, 0.05) is 7.05 Å². The molecule has 0 amide bonds. The fraction of sp³-hybridized carbons (Fsp3) is 0.273. The number of aromatic carboxylic acids is 1. The summed E-state index contributed by atoms with van der Waals surface area (Å²) in [4.78, 5) is 12.5. The molecule has 0 aliphatic rings. The SMILES string of the molecule is CCOC(=S)N(C)c1ccccc1C(=O)O. The van der Waals surface area contributed by atoms with E-state index >= 15 is 0 Å². The first-order chi connectivity index (χ1) is 7.57. The van der Waals surface area contributed by atoms with Crippen LogP contribution in [0.5, 0.6) is 0 Å². The monoisotopic (exact) mass is 239 g/mol. The van der Waals surface area contributed by atoms with E-state index < -0.39 is 5.97 Å². The summed E-state index contributed by atoms with van der Waals surface area (Å²) >= 11 is 5.01. The Morgan fingerprint density at radius 2 is 2.12 bits per heavy atom. The van der Waals surface area contributed by atoms with E-state index in [-0.39, 0.29) is 10.7 Å². The number of para-hydroxylation sites is 1. The highest BCUT2D eigenvalue weighted by Crippen LogP contribution is 2.19. The van der Waals surface area contributed by atoms with Crippen molar-refractivity contribution in [3.8, 4) is 0 Å². The maximum absolute atomic E-state index is 11.0. The number of anilines is 1. The second kappa shape index (κ2) is 5.46. The third-order valence-corrected chi connectivity index (χ3v) is 2.43. The van der Waals surface area contributed by atoms with Crippen molar-refractivity contribution < 1.29 is 14.6 Å². The van der Waals surface area contributed by atoms with E-state index in [1.807, 2.05) is 6.92 Å². The van der Waals surface area contributed by atoms with Gasteiger partial charge in [-0.2, -0.15) is 0 Å². The quantitative estimate of drug-likeness (QED) is 0.819. The molecule has 0 aromatic heterocycles. The maximum atomic E-state index is 11.0. The van der Waals surface area contributed by atoms with Gasteiger partial charge in [-0.3, -0.25) is 0 Å². The highest BCUT2D eigenvalue weighted by Gasteiger charge is 2.15. The van der Waals surface area contributed by atoms with Crippen LogP contribution in [-0.2, 0) is 4.74 Å². The van der Waals surface area contributed by atoms with Crippen LogP contribution in [0.25, 0.3) is 0 Å². The fourth-order valence-electron chi connectivity index (χ4n) is 1.27. The molecule has 0 spiro atoms. The van der Waals surface area contributed by atoms with E-state index in [1.165, 1.54) is 6.07 Å². The number of carbonyl (C=O) groups is 1. The van der Waals surface area contributed by atoms with E-state index in [0.29, 0.717) is 12.3 Å². The Balaban J connectivity index is 3.03. The van der Waals surface area contributed by atoms with Gasteiger partial charge in [0.1, 0.15) is 0 Å². The Morgan fingerprint density at radius 1 is 1.50 bits per heavy atom. The van der Waals surface area contributed by atoms with Gasteiger partial charge < -0.3 is 14.7 Å². The molecular formula is C11H13NO3S. The van der Waals surface area contributed by atoms with Crippen LogP contribution in [0.1, 0.15) is 17.3 Å². The normalized spacial score (nSPS) is 9.62. The predicted molar refractivity (Wildman–Crippen MR) is 66.0 cm³/mol. The molecule has 0 atom stereocenters. The van der Waals surface area contributed by atoms with E-state index in [9.17, 15) is 4.79 Å². The van der Waals surface area contributed by atoms with Crippen molar-refractivity contribution in [2.75, 3.05) is 18.6 Å². The molecule has 86 valence electrons. The lowest BCUT2D eigenvalue weighted by atomic mass is 10.1. The first-order valence-corrected chi connectivity index (χ1v) is 5.21. The minimum Gasteiger partial charge on any atom is -0.478 e. The summed E-state index contributed by atoms with van der Waals surface area (Å²) in [6.45, 7) is 2.28. The molecule has 1 aromatic rings. The highest BCUT2D eigenvalue weighted by atomic mass is 32.1. The molecule has 0 heterocycles. The van der Waals surface area contributed by atoms with E-state index in [4.69, 9.17) is 22.1 Å². The van der Waals surface area contributed by atoms with Crippen LogP contribution < -0.4 is 4.90 Å². The zero-order valence-electron chi connectivity index (χ0n) is 9.14. The van der Waals surface area contributed by atoms with E-state index in [0.717, 1.165) is 0 Å². The minimum absolute atomic E-state index is 0.201. The molecule has 4 nitrogen and oxygen atoms in total. The van der Waals surface area contributed by atoms with Crippen LogP contribution in [0.4, 0.5) is 5.69 Å². The fourth-order valence-corrected chi connectivity index (χ4v) is 1.48. The third kappa shape index (κ3) is 2.70. The smallest absolute Gasteiger partial charge is 0.337 e. The Bertz CT molecular complexity index is 406. The van der Waals surface area contributed by atoms with Crippen LogP contribution in [0.3, 0.4) is 0 Å². The van der Waals surface area contributed by atoms with Crippen LogP contribution in [0, 0.1) is 0 Å². The number of hydrogen-bond acceptors (Lipinski definition) is 3. The number of carboxylic acids is 1. The molecule has 1 rings (SSSR count). The van der Waals surface area contributed by atoms with Crippen molar-refractivity contribution in [1.29, 1.82) is 0 Å². The standard InChI is InChI=1S/C11H13NO3S/c1-3-15-11(16)12(2)9-7-5-4-6-8(9)10(13)14/h4-7H,3H2,1-2H3,(H,13,14). The average molecular weight is 239 g/mol. The lowest BCUT2D eigenvalue weighted by Crippen LogP contribution is -2.28. The van der Waals surface area contributed by atoms with Crippen molar-refractivity contribution in [3.05, 3.63) is 29.8 Å². The lowest BCUT2D eigenvalue weighted by Gasteiger charge is -2.20. The molecule has 16 heavy (non-hydrogen) atoms. The molecule has 5 heteroatoms. The molecule has 0 unspecified atom stereocenters. The molecule has 1 aromatic carbocycles. The predicted octanol–water partition coefficient (Wildman–Crippen LogP) is 2.14. The summed E-state index contributed by atoms with van der Waals surface area (Å²) in [5.74, 6) is -0.984. The second-order valence-electron chi connectivity index (χ2n) is 3.08. The minimum atomic E-state index is -0.984. The number of hydrogen-bond donors (Lipinski definition) is 1. The molecule has 0 saturated carbocycles. The molecular weight excluding hydrogens is 226 g/mol. The van der Waals surface area contributed by atoms with Gasteiger partial charge in [-0.05, 0) is 31.3 Å². The Hall–Kier alpha value is -1.62. The summed E-state index contributed by atoms with van der Waals surface area (Å²) in [6, 6.07) is 6.65. The number of thiocarbonyl (C=S) groups is 1. The number of carboxylic acid groups (broad SMARTS) is 1. The Labute approximate surface area is 99.4 Å². The van der Waals surface area contributed by atoms with Gasteiger partial charge in [0.05, 0.1) is 17.9 Å². The van der Waals surface area contributed by atoms with Crippen LogP contribution >= 0.6 is 12.2 Å². The van der Waals surface area contributed by atoms with Gasteiger partial charge >= 0.3 is 5.97 Å². The zero-order chi connectivity index (χ0) is 12.1. The second-order valence-corrected chi connectivity index (χ2v) is 3.43. The Kier molecular flexibility index (Phi) is 4.25. The van der Waals surface area contributed by atoms with Gasteiger partial charge in [0.25, 0.3) is 5.17 Å². The summed E-state index contributed by atoms with van der Waals surface area (Å²) in [5.41, 5.74) is 0.723. The molecule has 0 saturated heterocycles. The van der Waals surface area contributed by atoms with Crippen molar-refractivity contribution >= 4 is 29.0 Å². The van der Waals surface area contributed by atoms with Crippen LogP contribution in [-0.4, -0.2) is 29.9 Å². The van der Waals surface area contributed by atoms with Gasteiger partial charge in [-0.25, -0.2) is 4.79 Å². The summed E-state index contributed by atoms with van der Waals surface area (Å²) in [7, 11) is 1.68. The number of nitrogens with zero attached hydrogens (tertiary/aromatic N) is 1. The zero-order valence-corrected chi connectivity index (χ0v) is 9.95. The summed E-state index contributed by atoms with van der Waals surface area (Å²) < 4.78 is 5.16. The molecule has 0 aliphatic heterocycles. The van der Waals surface area contributed by atoms with Crippen molar-refractivity contribution in [1.82, 2.24) is 0 Å².